The normalized spacial score (nSPS) is 13.4. The summed E-state index contributed by atoms with van der Waals surface area (Å²) in [6, 6.07) is 5.72. The van der Waals surface area contributed by atoms with Crippen LogP contribution >= 0.6 is 0 Å². The maximum absolute atomic E-state index is 12.2. The summed E-state index contributed by atoms with van der Waals surface area (Å²) >= 11 is 0. The summed E-state index contributed by atoms with van der Waals surface area (Å²) in [6.45, 7) is 5.82. The largest absolute Gasteiger partial charge is 0.339 e. The molecule has 1 heterocycles. The predicted molar refractivity (Wildman–Crippen MR) is 77.9 cm³/mol. The predicted octanol–water partition coefficient (Wildman–Crippen LogP) is 2.08. The van der Waals surface area contributed by atoms with Gasteiger partial charge in [0.05, 0.1) is 6.33 Å². The molecule has 0 radical (unpaired) electrons. The summed E-state index contributed by atoms with van der Waals surface area (Å²) in [6.07, 6.45) is 2.95. The van der Waals surface area contributed by atoms with Crippen molar-refractivity contribution in [3.63, 3.8) is 0 Å². The van der Waals surface area contributed by atoms with Gasteiger partial charge in [0.15, 0.2) is 5.03 Å². The number of imidazole rings is 1. The zero-order chi connectivity index (χ0) is 14.9. The van der Waals surface area contributed by atoms with Crippen molar-refractivity contribution in [2.75, 3.05) is 0 Å². The smallest absolute Gasteiger partial charge is 0.260 e. The Morgan fingerprint density at radius 2 is 1.80 bits per heavy atom. The molecule has 20 heavy (non-hydrogen) atoms. The van der Waals surface area contributed by atoms with Gasteiger partial charge in [-0.3, -0.25) is 0 Å². The maximum atomic E-state index is 12.2. The standard InChI is InChI=1S/C14H19N3O2S/c1-10-5-11(2)7-13(6-10)12(3)16-20(18,19)14-8-17(4)9-15-14/h5-9,12,16H,1-4H3. The van der Waals surface area contributed by atoms with Crippen LogP contribution in [0.4, 0.5) is 0 Å². The SMILES string of the molecule is Cc1cc(C)cc(C(C)NS(=O)(=O)c2cn(C)cn2)c1. The van der Waals surface area contributed by atoms with Gasteiger partial charge < -0.3 is 4.57 Å². The lowest BCUT2D eigenvalue weighted by molar-refractivity contribution is 0.563. The Balaban J connectivity index is 2.24. The molecular weight excluding hydrogens is 274 g/mol. The molecule has 108 valence electrons. The van der Waals surface area contributed by atoms with Crippen LogP contribution in [-0.2, 0) is 17.1 Å². The molecule has 0 fully saturated rings. The molecule has 5 nitrogen and oxygen atoms in total. The average Bonchev–Trinajstić information content (AvgIpc) is 2.75. The molecule has 2 aromatic rings. The van der Waals surface area contributed by atoms with Crippen molar-refractivity contribution < 1.29 is 8.42 Å². The second kappa shape index (κ2) is 5.38. The Morgan fingerprint density at radius 3 is 2.30 bits per heavy atom. The highest BCUT2D eigenvalue weighted by Gasteiger charge is 2.20. The molecule has 0 saturated heterocycles. The van der Waals surface area contributed by atoms with Crippen LogP contribution in [0.5, 0.6) is 0 Å². The minimum atomic E-state index is -3.59. The molecule has 0 amide bonds. The molecule has 0 saturated carbocycles. The number of rotatable bonds is 4. The zero-order valence-electron chi connectivity index (χ0n) is 12.1. The lowest BCUT2D eigenvalue weighted by Gasteiger charge is -2.15. The van der Waals surface area contributed by atoms with Crippen LogP contribution in [0.15, 0.2) is 35.7 Å². The van der Waals surface area contributed by atoms with E-state index in [4.69, 9.17) is 0 Å². The van der Waals surface area contributed by atoms with Gasteiger partial charge in [-0.25, -0.2) is 18.1 Å². The summed E-state index contributed by atoms with van der Waals surface area (Å²) in [5.41, 5.74) is 3.18. The highest BCUT2D eigenvalue weighted by molar-refractivity contribution is 7.89. The summed E-state index contributed by atoms with van der Waals surface area (Å²) in [5, 5.41) is 0.0382. The fourth-order valence-electron chi connectivity index (χ4n) is 2.15. The van der Waals surface area contributed by atoms with Crippen molar-refractivity contribution in [2.45, 2.75) is 31.8 Å². The van der Waals surface area contributed by atoms with Gasteiger partial charge in [-0.15, -0.1) is 0 Å². The van der Waals surface area contributed by atoms with Crippen LogP contribution in [0.3, 0.4) is 0 Å². The first-order valence-electron chi connectivity index (χ1n) is 6.36. The van der Waals surface area contributed by atoms with E-state index in [-0.39, 0.29) is 11.1 Å². The topological polar surface area (TPSA) is 64.0 Å². The van der Waals surface area contributed by atoms with Crippen LogP contribution in [0.25, 0.3) is 0 Å². The minimum absolute atomic E-state index is 0.0382. The van der Waals surface area contributed by atoms with E-state index < -0.39 is 10.0 Å². The van der Waals surface area contributed by atoms with Gasteiger partial charge in [-0.2, -0.15) is 0 Å². The first kappa shape index (κ1) is 14.7. The third-order valence-corrected chi connectivity index (χ3v) is 4.46. The van der Waals surface area contributed by atoms with Crippen LogP contribution in [0.2, 0.25) is 0 Å². The highest BCUT2D eigenvalue weighted by Crippen LogP contribution is 2.18. The van der Waals surface area contributed by atoms with Crippen LogP contribution in [0, 0.1) is 13.8 Å². The second-order valence-corrected chi connectivity index (χ2v) is 6.80. The minimum Gasteiger partial charge on any atom is -0.339 e. The molecular formula is C14H19N3O2S. The van der Waals surface area contributed by atoms with Crippen molar-refractivity contribution in [2.24, 2.45) is 7.05 Å². The molecule has 6 heteroatoms. The molecule has 0 aliphatic carbocycles. The highest BCUT2D eigenvalue weighted by atomic mass is 32.2. The molecule has 0 aliphatic heterocycles. The number of hydrogen-bond acceptors (Lipinski definition) is 3. The summed E-state index contributed by atoms with van der Waals surface area (Å²) in [7, 11) is -1.86. The van der Waals surface area contributed by atoms with Crippen molar-refractivity contribution in [3.05, 3.63) is 47.4 Å². The van der Waals surface area contributed by atoms with Gasteiger partial charge in [0.2, 0.25) is 0 Å². The Morgan fingerprint density at radius 1 is 1.20 bits per heavy atom. The fourth-order valence-corrected chi connectivity index (χ4v) is 3.36. The average molecular weight is 293 g/mol. The van der Waals surface area contributed by atoms with Gasteiger partial charge in [0, 0.05) is 19.3 Å². The quantitative estimate of drug-likeness (QED) is 0.938. The molecule has 0 aliphatic rings. The lowest BCUT2D eigenvalue weighted by atomic mass is 10.0. The number of hydrogen-bond donors (Lipinski definition) is 1. The third kappa shape index (κ3) is 3.26. The fraction of sp³-hybridized carbons (Fsp3) is 0.357. The van der Waals surface area contributed by atoms with Crippen molar-refractivity contribution in [1.29, 1.82) is 0 Å². The van der Waals surface area contributed by atoms with E-state index in [1.165, 1.54) is 12.5 Å². The molecule has 1 aromatic carbocycles. The third-order valence-electron chi connectivity index (χ3n) is 3.03. The first-order chi connectivity index (χ1) is 9.28. The summed E-state index contributed by atoms with van der Waals surface area (Å²) in [4.78, 5) is 3.88. The molecule has 1 atom stereocenters. The van der Waals surface area contributed by atoms with Gasteiger partial charge in [0.25, 0.3) is 10.0 Å². The maximum Gasteiger partial charge on any atom is 0.260 e. The number of sulfonamides is 1. The first-order valence-corrected chi connectivity index (χ1v) is 7.85. The van der Waals surface area contributed by atoms with E-state index in [2.05, 4.69) is 15.8 Å². The number of nitrogens with one attached hydrogen (secondary N) is 1. The Bertz CT molecular complexity index is 700. The molecule has 0 spiro atoms. The molecule has 2 rings (SSSR count). The van der Waals surface area contributed by atoms with E-state index in [0.29, 0.717) is 0 Å². The van der Waals surface area contributed by atoms with E-state index in [1.807, 2.05) is 32.9 Å². The van der Waals surface area contributed by atoms with Crippen molar-refractivity contribution in [3.8, 4) is 0 Å². The number of nitrogens with zero attached hydrogens (tertiary/aromatic N) is 2. The Kier molecular flexibility index (Phi) is 3.96. The van der Waals surface area contributed by atoms with Gasteiger partial charge in [-0.05, 0) is 26.3 Å². The number of aryl methyl sites for hydroxylation is 3. The number of benzene rings is 1. The Labute approximate surface area is 119 Å². The second-order valence-electron chi connectivity index (χ2n) is 5.14. The summed E-state index contributed by atoms with van der Waals surface area (Å²) < 4.78 is 28.7. The molecule has 1 unspecified atom stereocenters. The van der Waals surface area contributed by atoms with E-state index in [0.717, 1.165) is 16.7 Å². The zero-order valence-corrected chi connectivity index (χ0v) is 12.9. The van der Waals surface area contributed by atoms with E-state index in [9.17, 15) is 8.42 Å². The monoisotopic (exact) mass is 293 g/mol. The number of aromatic nitrogens is 2. The van der Waals surface area contributed by atoms with Gasteiger partial charge in [-0.1, -0.05) is 29.3 Å². The molecule has 1 N–H and O–H groups in total. The summed E-state index contributed by atoms with van der Waals surface area (Å²) in [5.74, 6) is 0. The van der Waals surface area contributed by atoms with E-state index in [1.54, 1.807) is 11.6 Å². The van der Waals surface area contributed by atoms with Crippen LogP contribution in [-0.4, -0.2) is 18.0 Å². The lowest BCUT2D eigenvalue weighted by Crippen LogP contribution is -2.27. The van der Waals surface area contributed by atoms with E-state index >= 15 is 0 Å². The Hall–Kier alpha value is -1.66. The molecule has 1 aromatic heterocycles. The van der Waals surface area contributed by atoms with Crippen molar-refractivity contribution >= 4 is 10.0 Å². The van der Waals surface area contributed by atoms with Crippen molar-refractivity contribution in [1.82, 2.24) is 14.3 Å². The molecule has 0 bridgehead atoms. The van der Waals surface area contributed by atoms with Gasteiger partial charge >= 0.3 is 0 Å². The van der Waals surface area contributed by atoms with Crippen LogP contribution in [0.1, 0.15) is 29.7 Å². The van der Waals surface area contributed by atoms with Gasteiger partial charge in [0.1, 0.15) is 0 Å². The van der Waals surface area contributed by atoms with Crippen LogP contribution < -0.4 is 4.72 Å².